The van der Waals surface area contributed by atoms with Crippen LogP contribution in [0.25, 0.3) is 0 Å². The number of halogens is 1. The summed E-state index contributed by atoms with van der Waals surface area (Å²) in [6.07, 6.45) is 0. The predicted octanol–water partition coefficient (Wildman–Crippen LogP) is 1.30. The third-order valence-electron chi connectivity index (χ3n) is 2.42. The number of nitrogens with one attached hydrogen (secondary N) is 2. The van der Waals surface area contributed by atoms with Gasteiger partial charge in [-0.2, -0.15) is 5.26 Å². The van der Waals surface area contributed by atoms with Crippen molar-refractivity contribution in [2.75, 3.05) is 16.9 Å². The van der Waals surface area contributed by atoms with Crippen molar-refractivity contribution < 1.29 is 9.18 Å². The Morgan fingerprint density at radius 3 is 3.12 bits per heavy atom. The molecule has 1 aliphatic rings. The maximum atomic E-state index is 13.3. The van der Waals surface area contributed by atoms with Gasteiger partial charge in [0.15, 0.2) is 0 Å². The highest BCUT2D eigenvalue weighted by Crippen LogP contribution is 2.19. The molecule has 0 radical (unpaired) electrons. The van der Waals surface area contributed by atoms with Gasteiger partial charge in [-0.3, -0.25) is 10.1 Å². The van der Waals surface area contributed by atoms with E-state index < -0.39 is 5.82 Å². The number of rotatable bonds is 2. The summed E-state index contributed by atoms with van der Waals surface area (Å²) in [6.45, 7) is 0. The number of benzene rings is 1. The van der Waals surface area contributed by atoms with E-state index in [-0.39, 0.29) is 23.2 Å². The van der Waals surface area contributed by atoms with Gasteiger partial charge < -0.3 is 5.32 Å². The van der Waals surface area contributed by atoms with Crippen LogP contribution in [0.3, 0.4) is 0 Å². The molecule has 1 aromatic carbocycles. The molecule has 0 aromatic heterocycles. The summed E-state index contributed by atoms with van der Waals surface area (Å²) in [5, 5.41) is 14.4. The monoisotopic (exact) mass is 251 g/mol. The van der Waals surface area contributed by atoms with Crippen molar-refractivity contribution in [2.45, 2.75) is 6.04 Å². The Hall–Kier alpha value is -1.58. The van der Waals surface area contributed by atoms with Crippen LogP contribution in [0, 0.1) is 17.1 Å². The van der Waals surface area contributed by atoms with Gasteiger partial charge in [-0.05, 0) is 12.1 Å². The zero-order chi connectivity index (χ0) is 12.3. The Morgan fingerprint density at radius 1 is 1.65 bits per heavy atom. The first-order valence-corrected chi connectivity index (χ1v) is 6.18. The fourth-order valence-corrected chi connectivity index (χ4v) is 2.47. The highest BCUT2D eigenvalue weighted by molar-refractivity contribution is 7.99. The predicted molar refractivity (Wildman–Crippen MR) is 64.0 cm³/mol. The smallest absolute Gasteiger partial charge is 0.242 e. The Bertz CT molecular complexity index is 480. The van der Waals surface area contributed by atoms with Gasteiger partial charge in [0.25, 0.3) is 0 Å². The van der Waals surface area contributed by atoms with E-state index in [1.54, 1.807) is 17.8 Å². The highest BCUT2D eigenvalue weighted by Gasteiger charge is 2.23. The van der Waals surface area contributed by atoms with E-state index in [0.29, 0.717) is 5.75 Å². The highest BCUT2D eigenvalue weighted by atomic mass is 32.2. The van der Waals surface area contributed by atoms with Crippen LogP contribution in [0.4, 0.5) is 10.1 Å². The molecule has 0 spiro atoms. The van der Waals surface area contributed by atoms with Gasteiger partial charge in [0.05, 0.1) is 11.7 Å². The molecule has 1 fully saturated rings. The summed E-state index contributed by atoms with van der Waals surface area (Å²) in [5.41, 5.74) is 0.0858. The number of carbonyl (C=O) groups excluding carboxylic acids is 1. The van der Waals surface area contributed by atoms with E-state index in [2.05, 4.69) is 10.6 Å². The summed E-state index contributed by atoms with van der Waals surface area (Å²) < 4.78 is 13.3. The van der Waals surface area contributed by atoms with E-state index in [1.807, 2.05) is 0 Å². The Morgan fingerprint density at radius 2 is 2.47 bits per heavy atom. The second kappa shape index (κ2) is 5.17. The summed E-state index contributed by atoms with van der Waals surface area (Å²) in [5.74, 6) is 0.547. The van der Waals surface area contributed by atoms with Gasteiger partial charge in [-0.1, -0.05) is 6.07 Å². The summed E-state index contributed by atoms with van der Waals surface area (Å²) in [6, 6.07) is 5.63. The molecule has 2 rings (SSSR count). The molecule has 4 nitrogen and oxygen atoms in total. The largest absolute Gasteiger partial charge is 0.323 e. The Balaban J connectivity index is 2.16. The van der Waals surface area contributed by atoms with E-state index in [0.717, 1.165) is 5.88 Å². The first kappa shape index (κ1) is 11.9. The molecular formula is C11H10FN3OS. The number of amides is 1. The Labute approximate surface area is 102 Å². The van der Waals surface area contributed by atoms with Crippen molar-refractivity contribution in [2.24, 2.45) is 0 Å². The molecule has 1 saturated heterocycles. The molecule has 6 heteroatoms. The first-order chi connectivity index (χ1) is 8.22. The number of thioether (sulfide) groups is 1. The molecule has 88 valence electrons. The van der Waals surface area contributed by atoms with Crippen molar-refractivity contribution in [1.29, 1.82) is 5.26 Å². The van der Waals surface area contributed by atoms with Crippen LogP contribution in [0.2, 0.25) is 0 Å². The lowest BCUT2D eigenvalue weighted by Gasteiger charge is -2.11. The van der Waals surface area contributed by atoms with E-state index in [9.17, 15) is 9.18 Å². The number of anilines is 1. The standard InChI is InChI=1S/C11H10FN3OS/c12-8-2-1-3-9(7(8)4-13)15-11(16)10-5-17-6-14-10/h1-3,10,14H,5-6H2,(H,15,16). The van der Waals surface area contributed by atoms with Gasteiger partial charge in [-0.15, -0.1) is 11.8 Å². The average molecular weight is 251 g/mol. The second-order valence-corrected chi connectivity index (χ2v) is 4.57. The van der Waals surface area contributed by atoms with Crippen molar-refractivity contribution in [1.82, 2.24) is 5.32 Å². The normalized spacial score (nSPS) is 18.7. The van der Waals surface area contributed by atoms with Crippen LogP contribution in [-0.2, 0) is 4.79 Å². The molecule has 1 unspecified atom stereocenters. The van der Waals surface area contributed by atoms with Gasteiger partial charge >= 0.3 is 0 Å². The van der Waals surface area contributed by atoms with Gasteiger partial charge in [0.1, 0.15) is 17.4 Å². The third kappa shape index (κ3) is 2.57. The lowest BCUT2D eigenvalue weighted by molar-refractivity contribution is -0.117. The number of hydrogen-bond acceptors (Lipinski definition) is 4. The minimum atomic E-state index is -0.626. The fourth-order valence-electron chi connectivity index (χ4n) is 1.53. The van der Waals surface area contributed by atoms with Crippen LogP contribution in [0.15, 0.2) is 18.2 Å². The van der Waals surface area contributed by atoms with Crippen molar-refractivity contribution in [3.05, 3.63) is 29.6 Å². The van der Waals surface area contributed by atoms with Crippen LogP contribution in [0.1, 0.15) is 5.56 Å². The lowest BCUT2D eigenvalue weighted by atomic mass is 10.1. The van der Waals surface area contributed by atoms with Crippen LogP contribution < -0.4 is 10.6 Å². The maximum Gasteiger partial charge on any atom is 0.242 e. The molecule has 2 N–H and O–H groups in total. The second-order valence-electron chi connectivity index (χ2n) is 3.54. The minimum Gasteiger partial charge on any atom is -0.323 e. The van der Waals surface area contributed by atoms with Crippen molar-refractivity contribution >= 4 is 23.4 Å². The van der Waals surface area contributed by atoms with Gasteiger partial charge in [0.2, 0.25) is 5.91 Å². The molecule has 0 saturated carbocycles. The van der Waals surface area contributed by atoms with Crippen LogP contribution in [0.5, 0.6) is 0 Å². The van der Waals surface area contributed by atoms with Gasteiger partial charge in [-0.25, -0.2) is 4.39 Å². The summed E-state index contributed by atoms with van der Waals surface area (Å²) in [4.78, 5) is 11.8. The molecule has 17 heavy (non-hydrogen) atoms. The molecular weight excluding hydrogens is 241 g/mol. The number of nitriles is 1. The number of carbonyl (C=O) groups is 1. The van der Waals surface area contributed by atoms with Crippen LogP contribution in [-0.4, -0.2) is 23.6 Å². The minimum absolute atomic E-state index is 0.133. The summed E-state index contributed by atoms with van der Waals surface area (Å²) in [7, 11) is 0. The van der Waals surface area contributed by atoms with Crippen molar-refractivity contribution in [3.63, 3.8) is 0 Å². The molecule has 1 atom stereocenters. The van der Waals surface area contributed by atoms with E-state index in [1.165, 1.54) is 18.2 Å². The Kier molecular flexibility index (Phi) is 3.61. The number of hydrogen-bond donors (Lipinski definition) is 2. The maximum absolute atomic E-state index is 13.3. The first-order valence-electron chi connectivity index (χ1n) is 5.03. The zero-order valence-corrected chi connectivity index (χ0v) is 9.68. The fraction of sp³-hybridized carbons (Fsp3) is 0.273. The topological polar surface area (TPSA) is 64.9 Å². The lowest BCUT2D eigenvalue weighted by Crippen LogP contribution is -2.37. The van der Waals surface area contributed by atoms with E-state index in [4.69, 9.17) is 5.26 Å². The zero-order valence-electron chi connectivity index (χ0n) is 8.87. The van der Waals surface area contributed by atoms with Crippen molar-refractivity contribution in [3.8, 4) is 6.07 Å². The molecule has 1 heterocycles. The molecule has 1 aromatic rings. The molecule has 0 bridgehead atoms. The molecule has 0 aliphatic carbocycles. The molecule has 1 amide bonds. The van der Waals surface area contributed by atoms with Gasteiger partial charge in [0, 0.05) is 11.6 Å². The SMILES string of the molecule is N#Cc1c(F)cccc1NC(=O)C1CSCN1. The average Bonchev–Trinajstić information content (AvgIpc) is 2.82. The molecule has 1 aliphatic heterocycles. The van der Waals surface area contributed by atoms with E-state index >= 15 is 0 Å². The van der Waals surface area contributed by atoms with Crippen LogP contribution >= 0.6 is 11.8 Å². The summed E-state index contributed by atoms with van der Waals surface area (Å²) >= 11 is 1.62. The quantitative estimate of drug-likeness (QED) is 0.831. The third-order valence-corrected chi connectivity index (χ3v) is 3.36. The number of nitrogens with zero attached hydrogens (tertiary/aromatic N) is 1.